The Balaban J connectivity index is 1.39. The highest BCUT2D eigenvalue weighted by molar-refractivity contribution is 6.21. The lowest BCUT2D eigenvalue weighted by Gasteiger charge is -2.37. The zero-order chi connectivity index (χ0) is 15.6. The van der Waals surface area contributed by atoms with Crippen LogP contribution in [0, 0.1) is 5.41 Å². The SMILES string of the molecule is CC1(COCCCCN2C(=O)c3ccccc3C2=O)COC1. The van der Waals surface area contributed by atoms with Gasteiger partial charge in [0.05, 0.1) is 30.9 Å². The summed E-state index contributed by atoms with van der Waals surface area (Å²) in [5, 5.41) is 0. The van der Waals surface area contributed by atoms with E-state index in [2.05, 4.69) is 6.92 Å². The van der Waals surface area contributed by atoms with E-state index in [1.165, 1.54) is 4.90 Å². The van der Waals surface area contributed by atoms with Gasteiger partial charge in [-0.05, 0) is 25.0 Å². The van der Waals surface area contributed by atoms with Crippen LogP contribution in [0.4, 0.5) is 0 Å². The maximum absolute atomic E-state index is 12.2. The third-order valence-corrected chi connectivity index (χ3v) is 4.15. The van der Waals surface area contributed by atoms with Crippen LogP contribution in [0.1, 0.15) is 40.5 Å². The molecule has 0 aromatic heterocycles. The molecule has 5 heteroatoms. The summed E-state index contributed by atoms with van der Waals surface area (Å²) in [7, 11) is 0. The Morgan fingerprint density at radius 2 is 1.77 bits per heavy atom. The summed E-state index contributed by atoms with van der Waals surface area (Å²) < 4.78 is 10.8. The zero-order valence-corrected chi connectivity index (χ0v) is 12.8. The average molecular weight is 303 g/mol. The van der Waals surface area contributed by atoms with Crippen LogP contribution in [0.2, 0.25) is 0 Å². The number of ether oxygens (including phenoxy) is 2. The molecule has 0 N–H and O–H groups in total. The molecule has 22 heavy (non-hydrogen) atoms. The maximum atomic E-state index is 12.2. The first-order chi connectivity index (χ1) is 10.6. The van der Waals surface area contributed by atoms with Crippen LogP contribution in [0.15, 0.2) is 24.3 Å². The van der Waals surface area contributed by atoms with Crippen molar-refractivity contribution in [1.29, 1.82) is 0 Å². The topological polar surface area (TPSA) is 55.8 Å². The van der Waals surface area contributed by atoms with Gasteiger partial charge in [-0.1, -0.05) is 19.1 Å². The monoisotopic (exact) mass is 303 g/mol. The van der Waals surface area contributed by atoms with Crippen molar-refractivity contribution in [2.45, 2.75) is 19.8 Å². The van der Waals surface area contributed by atoms with E-state index in [-0.39, 0.29) is 17.2 Å². The lowest BCUT2D eigenvalue weighted by atomic mass is 9.90. The van der Waals surface area contributed by atoms with E-state index in [0.717, 1.165) is 26.1 Å². The lowest BCUT2D eigenvalue weighted by Crippen LogP contribution is -2.43. The second kappa shape index (κ2) is 6.18. The average Bonchev–Trinajstić information content (AvgIpc) is 2.74. The van der Waals surface area contributed by atoms with Crippen LogP contribution in [0.25, 0.3) is 0 Å². The molecule has 1 fully saturated rings. The number of benzene rings is 1. The van der Waals surface area contributed by atoms with Gasteiger partial charge < -0.3 is 9.47 Å². The van der Waals surface area contributed by atoms with Crippen molar-refractivity contribution in [3.8, 4) is 0 Å². The first-order valence-corrected chi connectivity index (χ1v) is 7.71. The normalized spacial score (nSPS) is 19.2. The molecule has 3 rings (SSSR count). The number of carbonyl (C=O) groups excluding carboxylic acids is 2. The minimum absolute atomic E-state index is 0.169. The Kier molecular flexibility index (Phi) is 4.27. The summed E-state index contributed by atoms with van der Waals surface area (Å²) in [4.78, 5) is 25.7. The van der Waals surface area contributed by atoms with Gasteiger partial charge in [0.2, 0.25) is 0 Å². The molecule has 5 nitrogen and oxygen atoms in total. The van der Waals surface area contributed by atoms with Gasteiger partial charge in [0.1, 0.15) is 0 Å². The Morgan fingerprint density at radius 3 is 2.32 bits per heavy atom. The fraction of sp³-hybridized carbons (Fsp3) is 0.529. The molecule has 1 saturated heterocycles. The van der Waals surface area contributed by atoms with Gasteiger partial charge >= 0.3 is 0 Å². The molecule has 0 unspecified atom stereocenters. The van der Waals surface area contributed by atoms with Crippen molar-refractivity contribution in [3.63, 3.8) is 0 Å². The van der Waals surface area contributed by atoms with Crippen LogP contribution in [-0.4, -0.2) is 49.7 Å². The molecule has 0 bridgehead atoms. The minimum Gasteiger partial charge on any atom is -0.381 e. The van der Waals surface area contributed by atoms with Crippen LogP contribution in [0.5, 0.6) is 0 Å². The fourth-order valence-electron chi connectivity index (χ4n) is 2.77. The molecule has 0 atom stereocenters. The summed E-state index contributed by atoms with van der Waals surface area (Å²) >= 11 is 0. The highest BCUT2D eigenvalue weighted by Crippen LogP contribution is 2.26. The number of unbranched alkanes of at least 4 members (excludes halogenated alkanes) is 1. The molecule has 0 aliphatic carbocycles. The largest absolute Gasteiger partial charge is 0.381 e. The standard InChI is InChI=1S/C17H21NO4/c1-17(11-22-12-17)10-21-9-5-4-8-18-15(19)13-6-2-3-7-14(13)16(18)20/h2-3,6-7H,4-5,8-12H2,1H3. The minimum atomic E-state index is -0.180. The van der Waals surface area contributed by atoms with Crippen molar-refractivity contribution in [2.24, 2.45) is 5.41 Å². The number of imide groups is 1. The summed E-state index contributed by atoms with van der Waals surface area (Å²) in [5.74, 6) is -0.360. The van der Waals surface area contributed by atoms with E-state index >= 15 is 0 Å². The first kappa shape index (κ1) is 15.2. The third kappa shape index (κ3) is 2.91. The molecule has 1 aromatic rings. The van der Waals surface area contributed by atoms with E-state index in [1.807, 2.05) is 0 Å². The predicted molar refractivity (Wildman–Crippen MR) is 80.8 cm³/mol. The Labute approximate surface area is 130 Å². The molecule has 2 amide bonds. The Morgan fingerprint density at radius 1 is 1.14 bits per heavy atom. The Hall–Kier alpha value is -1.72. The predicted octanol–water partition coefficient (Wildman–Crippen LogP) is 2.12. The number of carbonyl (C=O) groups is 2. The maximum Gasteiger partial charge on any atom is 0.261 e. The van der Waals surface area contributed by atoms with Gasteiger partial charge in [0.25, 0.3) is 11.8 Å². The molecular weight excluding hydrogens is 282 g/mol. The summed E-state index contributed by atoms with van der Waals surface area (Å²) in [5.41, 5.74) is 1.20. The second-order valence-electron chi connectivity index (χ2n) is 6.37. The third-order valence-electron chi connectivity index (χ3n) is 4.15. The van der Waals surface area contributed by atoms with E-state index < -0.39 is 0 Å². The van der Waals surface area contributed by atoms with E-state index in [4.69, 9.17) is 9.47 Å². The van der Waals surface area contributed by atoms with Crippen LogP contribution in [-0.2, 0) is 9.47 Å². The van der Waals surface area contributed by atoms with Gasteiger partial charge in [-0.3, -0.25) is 14.5 Å². The number of hydrogen-bond acceptors (Lipinski definition) is 4. The summed E-state index contributed by atoms with van der Waals surface area (Å²) in [6.45, 7) is 5.49. The van der Waals surface area contributed by atoms with Crippen molar-refractivity contribution in [2.75, 3.05) is 33.0 Å². The van der Waals surface area contributed by atoms with Crippen LogP contribution >= 0.6 is 0 Å². The lowest BCUT2D eigenvalue weighted by molar-refractivity contribution is -0.137. The van der Waals surface area contributed by atoms with E-state index in [0.29, 0.717) is 30.9 Å². The molecule has 2 aliphatic heterocycles. The zero-order valence-electron chi connectivity index (χ0n) is 12.8. The Bertz CT molecular complexity index is 545. The quantitative estimate of drug-likeness (QED) is 0.572. The van der Waals surface area contributed by atoms with Crippen molar-refractivity contribution >= 4 is 11.8 Å². The smallest absolute Gasteiger partial charge is 0.261 e. The van der Waals surface area contributed by atoms with Gasteiger partial charge in [-0.25, -0.2) is 0 Å². The van der Waals surface area contributed by atoms with Crippen molar-refractivity contribution < 1.29 is 19.1 Å². The first-order valence-electron chi connectivity index (χ1n) is 7.71. The van der Waals surface area contributed by atoms with Gasteiger partial charge in [0, 0.05) is 18.6 Å². The van der Waals surface area contributed by atoms with E-state index in [9.17, 15) is 9.59 Å². The highest BCUT2D eigenvalue weighted by atomic mass is 16.5. The van der Waals surface area contributed by atoms with E-state index in [1.54, 1.807) is 24.3 Å². The molecule has 1 aromatic carbocycles. The highest BCUT2D eigenvalue weighted by Gasteiger charge is 2.35. The number of amides is 2. The molecule has 118 valence electrons. The van der Waals surface area contributed by atoms with Crippen LogP contribution in [0.3, 0.4) is 0 Å². The molecular formula is C17H21NO4. The summed E-state index contributed by atoms with van der Waals surface area (Å²) in [6.07, 6.45) is 1.60. The molecule has 0 radical (unpaired) electrons. The molecule has 2 aliphatic rings. The molecule has 0 spiro atoms. The fourth-order valence-corrected chi connectivity index (χ4v) is 2.77. The van der Waals surface area contributed by atoms with Gasteiger partial charge in [-0.15, -0.1) is 0 Å². The molecule has 2 heterocycles. The molecule has 0 saturated carbocycles. The van der Waals surface area contributed by atoms with Crippen LogP contribution < -0.4 is 0 Å². The van der Waals surface area contributed by atoms with Gasteiger partial charge in [0.15, 0.2) is 0 Å². The summed E-state index contributed by atoms with van der Waals surface area (Å²) in [6, 6.07) is 6.98. The number of nitrogens with zero attached hydrogens (tertiary/aromatic N) is 1. The van der Waals surface area contributed by atoms with Crippen molar-refractivity contribution in [3.05, 3.63) is 35.4 Å². The second-order valence-corrected chi connectivity index (χ2v) is 6.37. The van der Waals surface area contributed by atoms with Gasteiger partial charge in [-0.2, -0.15) is 0 Å². The number of rotatable bonds is 7. The van der Waals surface area contributed by atoms with Crippen molar-refractivity contribution in [1.82, 2.24) is 4.90 Å². The number of fused-ring (bicyclic) bond motifs is 1. The number of hydrogen-bond donors (Lipinski definition) is 0.